The zero-order valence-electron chi connectivity index (χ0n) is 23.3. The number of likely N-dealkylation sites (tertiary alicyclic amines) is 1. The lowest BCUT2D eigenvalue weighted by molar-refractivity contribution is -0.215. The smallest absolute Gasteiger partial charge is 0.394 e. The predicted octanol–water partition coefficient (Wildman–Crippen LogP) is 4.05. The zero-order valence-corrected chi connectivity index (χ0v) is 24.2. The third-order valence-electron chi connectivity index (χ3n) is 7.66. The topological polar surface area (TPSA) is 156 Å². The number of aliphatic imine (C=N–C) groups is 1. The highest BCUT2D eigenvalue weighted by Crippen LogP contribution is 2.47. The molecular weight excluding hydrogens is 560 g/mol. The first kappa shape index (κ1) is 32.6. The number of alkyl halides is 3. The number of primary amides is 1. The number of carbonyl (C=O) groups is 1. The Hall–Kier alpha value is -2.91. The Balaban J connectivity index is 1.76. The lowest BCUT2D eigenvalue weighted by atomic mass is 9.70. The number of nitrogens with two attached hydrogens (primary N) is 2. The Labute approximate surface area is 238 Å². The van der Waals surface area contributed by atoms with Crippen LogP contribution in [0.25, 0.3) is 0 Å². The van der Waals surface area contributed by atoms with Crippen molar-refractivity contribution in [2.75, 3.05) is 38.2 Å². The summed E-state index contributed by atoms with van der Waals surface area (Å²) in [6, 6.07) is 8.68. The van der Waals surface area contributed by atoms with E-state index in [2.05, 4.69) is 16.4 Å². The molecule has 226 valence electrons. The summed E-state index contributed by atoms with van der Waals surface area (Å²) < 4.78 is 62.6. The van der Waals surface area contributed by atoms with Gasteiger partial charge in [0.1, 0.15) is 5.84 Å². The van der Waals surface area contributed by atoms with Crippen molar-refractivity contribution in [3.8, 4) is 6.07 Å². The number of hydrogen-bond acceptors (Lipinski definition) is 8. The summed E-state index contributed by atoms with van der Waals surface area (Å²) in [7, 11) is -3.49. The van der Waals surface area contributed by atoms with Crippen LogP contribution in [0.2, 0.25) is 0 Å². The number of carbonyl (C=O) groups excluding carboxylic acids is 1. The molecule has 1 saturated heterocycles. The summed E-state index contributed by atoms with van der Waals surface area (Å²) in [5, 5.41) is 13.0. The van der Waals surface area contributed by atoms with Crippen LogP contribution in [0, 0.1) is 22.7 Å². The lowest BCUT2D eigenvalue weighted by Crippen LogP contribution is -2.58. The first-order valence-corrected chi connectivity index (χ1v) is 15.2. The molecule has 1 amide bonds. The van der Waals surface area contributed by atoms with Crippen LogP contribution in [0.3, 0.4) is 0 Å². The highest BCUT2D eigenvalue weighted by Gasteiger charge is 2.49. The van der Waals surface area contributed by atoms with Crippen LogP contribution in [0.4, 0.5) is 18.9 Å². The van der Waals surface area contributed by atoms with Gasteiger partial charge in [-0.25, -0.2) is 0 Å². The molecule has 10 nitrogen and oxygen atoms in total. The van der Waals surface area contributed by atoms with Crippen LogP contribution in [-0.2, 0) is 18.4 Å². The fraction of sp³-hybridized carbons (Fsp3) is 0.593. The van der Waals surface area contributed by atoms with Crippen molar-refractivity contribution in [3.63, 3.8) is 0 Å². The minimum Gasteiger partial charge on any atom is -0.404 e. The number of anilines is 1. The summed E-state index contributed by atoms with van der Waals surface area (Å²) >= 11 is 0. The maximum Gasteiger partial charge on any atom is 0.394 e. The Morgan fingerprint density at radius 3 is 2.27 bits per heavy atom. The molecule has 1 heterocycles. The van der Waals surface area contributed by atoms with Crippen molar-refractivity contribution in [3.05, 3.63) is 36.0 Å². The second-order valence-corrected chi connectivity index (χ2v) is 12.4. The van der Waals surface area contributed by atoms with Crippen LogP contribution < -0.4 is 22.1 Å². The van der Waals surface area contributed by atoms with Crippen LogP contribution in [0.1, 0.15) is 46.0 Å². The molecule has 0 spiro atoms. The molecule has 0 aromatic heterocycles. The average Bonchev–Trinajstić information content (AvgIpc) is 2.88. The molecule has 2 fully saturated rings. The van der Waals surface area contributed by atoms with E-state index in [1.54, 1.807) is 38.1 Å². The van der Waals surface area contributed by atoms with Gasteiger partial charge in [0.2, 0.25) is 0 Å². The molecule has 1 aliphatic carbocycles. The number of amidine groups is 1. The van der Waals surface area contributed by atoms with Crippen molar-refractivity contribution in [2.45, 2.75) is 58.2 Å². The number of nitrogens with one attached hydrogen (secondary N) is 1. The standard InChI is InChI=1S/C27H38F3N6O4P/c1-3-39-41(38,40-4-2)22-7-5-20(6-8-22)35-25(23(15-32)24(33)37)34-18-26(13-14-31)11-9-21(10-12-26)36-16-19(17-36)27(28,29)30/h5-8,15,19,21H,3-4,9-13,16-18,32H2,1-2H3,(H2,33,37)(H,34,35)/b23-15-. The van der Waals surface area contributed by atoms with Crippen LogP contribution in [0.5, 0.6) is 0 Å². The van der Waals surface area contributed by atoms with Crippen molar-refractivity contribution in [1.29, 1.82) is 5.26 Å². The largest absolute Gasteiger partial charge is 0.404 e. The summed E-state index contributed by atoms with van der Waals surface area (Å²) in [6.45, 7) is 4.05. The van der Waals surface area contributed by atoms with Gasteiger partial charge in [0, 0.05) is 49.4 Å². The number of amides is 1. The Morgan fingerprint density at radius 1 is 1.22 bits per heavy atom. The highest BCUT2D eigenvalue weighted by atomic mass is 31.2. The molecule has 0 unspecified atom stereocenters. The molecule has 0 radical (unpaired) electrons. The maximum atomic E-state index is 13.1. The average molecular weight is 599 g/mol. The van der Waals surface area contributed by atoms with Crippen molar-refractivity contribution >= 4 is 30.3 Å². The molecular formula is C27H38F3N6O4P. The number of hydrogen-bond donors (Lipinski definition) is 3. The molecule has 3 rings (SSSR count). The van der Waals surface area contributed by atoms with Crippen molar-refractivity contribution in [1.82, 2.24) is 4.90 Å². The van der Waals surface area contributed by atoms with Gasteiger partial charge in [-0.05, 0) is 63.8 Å². The fourth-order valence-corrected chi connectivity index (χ4v) is 6.83. The van der Waals surface area contributed by atoms with E-state index >= 15 is 0 Å². The predicted molar refractivity (Wildman–Crippen MR) is 150 cm³/mol. The molecule has 0 atom stereocenters. The Morgan fingerprint density at radius 2 is 1.80 bits per heavy atom. The fourth-order valence-electron chi connectivity index (χ4n) is 5.26. The minimum absolute atomic E-state index is 0.0122. The quantitative estimate of drug-likeness (QED) is 0.141. The molecule has 1 aromatic rings. The monoisotopic (exact) mass is 598 g/mol. The van der Waals surface area contributed by atoms with E-state index in [1.807, 2.05) is 4.90 Å². The highest BCUT2D eigenvalue weighted by molar-refractivity contribution is 7.62. The zero-order chi connectivity index (χ0) is 30.3. The lowest BCUT2D eigenvalue weighted by Gasteiger charge is -2.49. The number of benzene rings is 1. The molecule has 1 aliphatic heterocycles. The van der Waals surface area contributed by atoms with E-state index in [4.69, 9.17) is 20.5 Å². The van der Waals surface area contributed by atoms with Crippen molar-refractivity contribution in [2.24, 2.45) is 27.8 Å². The van der Waals surface area contributed by atoms with Gasteiger partial charge in [0.05, 0.1) is 36.1 Å². The molecule has 0 bridgehead atoms. The maximum absolute atomic E-state index is 13.1. The van der Waals surface area contributed by atoms with E-state index in [-0.39, 0.29) is 56.7 Å². The first-order chi connectivity index (χ1) is 19.4. The summed E-state index contributed by atoms with van der Waals surface area (Å²) in [6.07, 6.45) is -0.398. The van der Waals surface area contributed by atoms with Gasteiger partial charge in [-0.15, -0.1) is 0 Å². The van der Waals surface area contributed by atoms with E-state index in [0.717, 1.165) is 6.20 Å². The second kappa shape index (κ2) is 13.8. The SMILES string of the molecule is CCOP(=O)(OCC)c1ccc(NC(=NCC2(CC#N)CCC(N3CC(C(F)(F)F)C3)CC2)/C(=C\N)C(N)=O)cc1. The van der Waals surface area contributed by atoms with Crippen LogP contribution in [0.15, 0.2) is 41.0 Å². The van der Waals surface area contributed by atoms with E-state index in [0.29, 0.717) is 36.7 Å². The van der Waals surface area contributed by atoms with E-state index < -0.39 is 31.0 Å². The number of halogens is 3. The third-order valence-corrected chi connectivity index (χ3v) is 9.79. The minimum atomic E-state index is -4.17. The van der Waals surface area contributed by atoms with Gasteiger partial charge in [0.15, 0.2) is 0 Å². The normalized spacial score (nSPS) is 23.1. The number of nitriles is 1. The third kappa shape index (κ3) is 8.10. The van der Waals surface area contributed by atoms with Crippen LogP contribution >= 0.6 is 7.60 Å². The van der Waals surface area contributed by atoms with Gasteiger partial charge in [0.25, 0.3) is 5.91 Å². The van der Waals surface area contributed by atoms with Crippen molar-refractivity contribution < 1.29 is 31.6 Å². The summed E-state index contributed by atoms with van der Waals surface area (Å²) in [4.78, 5) is 18.7. The molecule has 1 saturated carbocycles. The van der Waals surface area contributed by atoms with Gasteiger partial charge < -0.3 is 25.8 Å². The van der Waals surface area contributed by atoms with Gasteiger partial charge >= 0.3 is 13.8 Å². The Bertz CT molecular complexity index is 1190. The molecule has 41 heavy (non-hydrogen) atoms. The van der Waals surface area contributed by atoms with Crippen LogP contribution in [-0.4, -0.2) is 61.7 Å². The van der Waals surface area contributed by atoms with Gasteiger partial charge in [-0.2, -0.15) is 18.4 Å². The first-order valence-electron chi connectivity index (χ1n) is 13.6. The summed E-state index contributed by atoms with van der Waals surface area (Å²) in [5.41, 5.74) is 11.2. The molecule has 14 heteroatoms. The number of nitrogens with zero attached hydrogens (tertiary/aromatic N) is 3. The molecule has 2 aliphatic rings. The Kier molecular flexibility index (Phi) is 11.0. The van der Waals surface area contributed by atoms with Gasteiger partial charge in [-0.1, -0.05) is 0 Å². The molecule has 1 aromatic carbocycles. The molecule has 5 N–H and O–H groups in total. The summed E-state index contributed by atoms with van der Waals surface area (Å²) in [5.74, 6) is -1.97. The van der Waals surface area contributed by atoms with E-state index in [9.17, 15) is 27.8 Å². The van der Waals surface area contributed by atoms with Gasteiger partial charge in [-0.3, -0.25) is 19.3 Å². The van der Waals surface area contributed by atoms with E-state index in [1.165, 1.54) is 0 Å². The second-order valence-electron chi connectivity index (χ2n) is 10.4. The number of rotatable bonds is 12.